The Balaban J connectivity index is 1.46. The van der Waals surface area contributed by atoms with Crippen LogP contribution in [0.3, 0.4) is 0 Å². The molecule has 0 atom stereocenters. The summed E-state index contributed by atoms with van der Waals surface area (Å²) in [5, 5.41) is 14.8. The number of fused-ring (bicyclic) bond motifs is 1. The van der Waals surface area contributed by atoms with Gasteiger partial charge in [-0.05, 0) is 24.3 Å². The maximum absolute atomic E-state index is 12.8. The topological polar surface area (TPSA) is 95.8 Å². The maximum atomic E-state index is 12.8. The molecule has 166 valence electrons. The van der Waals surface area contributed by atoms with Crippen molar-refractivity contribution in [2.24, 2.45) is 0 Å². The number of amides is 2. The van der Waals surface area contributed by atoms with Gasteiger partial charge in [0.2, 0.25) is 5.91 Å². The normalized spacial score (nSPS) is 13.9. The third-order valence-corrected chi connectivity index (χ3v) is 7.19. The van der Waals surface area contributed by atoms with Gasteiger partial charge in [0.15, 0.2) is 0 Å². The summed E-state index contributed by atoms with van der Waals surface area (Å²) < 4.78 is 0.378. The van der Waals surface area contributed by atoms with Crippen molar-refractivity contribution in [1.29, 1.82) is 0 Å². The summed E-state index contributed by atoms with van der Waals surface area (Å²) in [6.45, 7) is 4.78. The van der Waals surface area contributed by atoms with E-state index >= 15 is 0 Å². The molecule has 0 unspecified atom stereocenters. The van der Waals surface area contributed by atoms with E-state index < -0.39 is 10.8 Å². The van der Waals surface area contributed by atoms with Crippen LogP contribution in [0.15, 0.2) is 42.5 Å². The van der Waals surface area contributed by atoms with E-state index in [0.717, 1.165) is 30.1 Å². The molecule has 1 saturated heterocycles. The van der Waals surface area contributed by atoms with Crippen LogP contribution in [0, 0.1) is 10.1 Å². The lowest BCUT2D eigenvalue weighted by atomic mass is 10.2. The first-order chi connectivity index (χ1) is 15.4. The van der Waals surface area contributed by atoms with Crippen molar-refractivity contribution in [2.75, 3.05) is 36.4 Å². The van der Waals surface area contributed by atoms with Crippen molar-refractivity contribution >= 4 is 61.9 Å². The standard InChI is InChI=1S/C22H21ClN4O4S/c1-2-18(28)26-12-10-25(11-13-26)15-8-6-14(7-9-15)24-22(29)21-19(23)16-4-3-5-17(27(30)31)20(16)32-21/h3-9H,2,10-13H2,1H3,(H,24,29). The number of rotatable bonds is 5. The Morgan fingerprint density at radius 2 is 1.81 bits per heavy atom. The van der Waals surface area contributed by atoms with E-state index in [1.165, 1.54) is 6.07 Å². The van der Waals surface area contributed by atoms with Gasteiger partial charge >= 0.3 is 0 Å². The van der Waals surface area contributed by atoms with Crippen molar-refractivity contribution < 1.29 is 14.5 Å². The summed E-state index contributed by atoms with van der Waals surface area (Å²) in [5.74, 6) is -0.238. The van der Waals surface area contributed by atoms with Gasteiger partial charge in [-0.3, -0.25) is 19.7 Å². The minimum atomic E-state index is -0.479. The predicted molar refractivity (Wildman–Crippen MR) is 127 cm³/mol. The Bertz CT molecular complexity index is 1190. The number of benzene rings is 2. The van der Waals surface area contributed by atoms with Crippen molar-refractivity contribution in [3.8, 4) is 0 Å². The van der Waals surface area contributed by atoms with Crippen molar-refractivity contribution in [2.45, 2.75) is 13.3 Å². The van der Waals surface area contributed by atoms with Gasteiger partial charge < -0.3 is 15.1 Å². The monoisotopic (exact) mass is 472 g/mol. The van der Waals surface area contributed by atoms with E-state index in [4.69, 9.17) is 11.6 Å². The average Bonchev–Trinajstić information content (AvgIpc) is 3.16. The SMILES string of the molecule is CCC(=O)N1CCN(c2ccc(NC(=O)c3sc4c([N+](=O)[O-])cccc4c3Cl)cc2)CC1. The number of nitrogens with zero attached hydrogens (tertiary/aromatic N) is 3. The number of hydrogen-bond acceptors (Lipinski definition) is 6. The van der Waals surface area contributed by atoms with Gasteiger partial charge in [0, 0.05) is 55.4 Å². The van der Waals surface area contributed by atoms with E-state index in [0.29, 0.717) is 35.3 Å². The molecule has 1 N–H and O–H groups in total. The Hall–Kier alpha value is -3.17. The maximum Gasteiger partial charge on any atom is 0.287 e. The number of nitrogens with one attached hydrogen (secondary N) is 1. The summed E-state index contributed by atoms with van der Waals surface area (Å²) in [5.41, 5.74) is 1.54. The van der Waals surface area contributed by atoms with Crippen LogP contribution in [0.1, 0.15) is 23.0 Å². The number of nitro groups is 1. The van der Waals surface area contributed by atoms with Crippen molar-refractivity contribution in [1.82, 2.24) is 4.90 Å². The van der Waals surface area contributed by atoms with E-state index in [1.54, 1.807) is 24.3 Å². The number of nitro benzene ring substituents is 1. The second-order valence-corrected chi connectivity index (χ2v) is 8.78. The molecular weight excluding hydrogens is 452 g/mol. The number of carbonyl (C=O) groups excluding carboxylic acids is 2. The third kappa shape index (κ3) is 4.26. The number of thiophene rings is 1. The Morgan fingerprint density at radius 3 is 2.44 bits per heavy atom. The zero-order valence-electron chi connectivity index (χ0n) is 17.3. The first kappa shape index (κ1) is 22.0. The molecule has 2 aromatic carbocycles. The van der Waals surface area contributed by atoms with Gasteiger partial charge in [0.1, 0.15) is 9.58 Å². The molecule has 0 spiro atoms. The zero-order chi connectivity index (χ0) is 22.8. The lowest BCUT2D eigenvalue weighted by Gasteiger charge is -2.36. The molecule has 0 bridgehead atoms. The highest BCUT2D eigenvalue weighted by atomic mass is 35.5. The highest BCUT2D eigenvalue weighted by Gasteiger charge is 2.23. The molecule has 2 heterocycles. The largest absolute Gasteiger partial charge is 0.368 e. The van der Waals surface area contributed by atoms with E-state index in [9.17, 15) is 19.7 Å². The van der Waals surface area contributed by atoms with Gasteiger partial charge in [-0.15, -0.1) is 11.3 Å². The molecule has 1 fully saturated rings. The summed E-state index contributed by atoms with van der Waals surface area (Å²) in [6, 6.07) is 12.1. The van der Waals surface area contributed by atoms with Gasteiger partial charge in [-0.25, -0.2) is 0 Å². The van der Waals surface area contributed by atoms with Crippen LogP contribution in [-0.2, 0) is 4.79 Å². The highest BCUT2D eigenvalue weighted by molar-refractivity contribution is 7.22. The number of hydrogen-bond donors (Lipinski definition) is 1. The molecule has 3 aromatic rings. The zero-order valence-corrected chi connectivity index (χ0v) is 18.9. The van der Waals surface area contributed by atoms with Crippen molar-refractivity contribution in [3.05, 3.63) is 62.5 Å². The number of non-ortho nitro benzene ring substituents is 1. The smallest absolute Gasteiger partial charge is 0.287 e. The molecule has 32 heavy (non-hydrogen) atoms. The summed E-state index contributed by atoms with van der Waals surface area (Å²) in [7, 11) is 0. The van der Waals surface area contributed by atoms with Gasteiger partial charge in [-0.1, -0.05) is 30.7 Å². The number of halogens is 1. The Kier molecular flexibility index (Phi) is 6.29. The molecule has 10 heteroatoms. The number of carbonyl (C=O) groups is 2. The third-order valence-electron chi connectivity index (χ3n) is 5.46. The van der Waals surface area contributed by atoms with E-state index in [-0.39, 0.29) is 21.5 Å². The van der Waals surface area contributed by atoms with Crippen LogP contribution in [0.4, 0.5) is 17.1 Å². The molecule has 1 aromatic heterocycles. The van der Waals surface area contributed by atoms with Crippen LogP contribution in [0.25, 0.3) is 10.1 Å². The fourth-order valence-corrected chi connectivity index (χ4v) is 5.23. The summed E-state index contributed by atoms with van der Waals surface area (Å²) in [6.07, 6.45) is 0.519. The highest BCUT2D eigenvalue weighted by Crippen LogP contribution is 2.40. The molecule has 0 aliphatic carbocycles. The van der Waals surface area contributed by atoms with Crippen LogP contribution < -0.4 is 10.2 Å². The van der Waals surface area contributed by atoms with Gasteiger partial charge in [0.25, 0.3) is 11.6 Å². The quantitative estimate of drug-likeness (QED) is 0.426. The minimum Gasteiger partial charge on any atom is -0.368 e. The molecule has 1 aliphatic rings. The second kappa shape index (κ2) is 9.13. The Labute approximate surface area is 193 Å². The summed E-state index contributed by atoms with van der Waals surface area (Å²) in [4.78, 5) is 39.7. The van der Waals surface area contributed by atoms with Crippen LogP contribution >= 0.6 is 22.9 Å². The lowest BCUT2D eigenvalue weighted by Crippen LogP contribution is -2.48. The molecular formula is C22H21ClN4O4S. The first-order valence-electron chi connectivity index (χ1n) is 10.2. The fraction of sp³-hybridized carbons (Fsp3) is 0.273. The first-order valence-corrected chi connectivity index (χ1v) is 11.4. The Morgan fingerprint density at radius 1 is 1.12 bits per heavy atom. The number of piperazine rings is 1. The molecule has 1 aliphatic heterocycles. The van der Waals surface area contributed by atoms with Gasteiger partial charge in [0.05, 0.1) is 9.95 Å². The molecule has 0 radical (unpaired) electrons. The lowest BCUT2D eigenvalue weighted by molar-refractivity contribution is -0.382. The molecule has 0 saturated carbocycles. The molecule has 4 rings (SSSR count). The van der Waals surface area contributed by atoms with Gasteiger partial charge in [-0.2, -0.15) is 0 Å². The van der Waals surface area contributed by atoms with Crippen LogP contribution in [-0.4, -0.2) is 47.8 Å². The van der Waals surface area contributed by atoms with E-state index in [1.807, 2.05) is 24.0 Å². The summed E-state index contributed by atoms with van der Waals surface area (Å²) >= 11 is 7.37. The predicted octanol–water partition coefficient (Wildman–Crippen LogP) is 4.77. The van der Waals surface area contributed by atoms with E-state index in [2.05, 4.69) is 10.2 Å². The van der Waals surface area contributed by atoms with Crippen LogP contribution in [0.5, 0.6) is 0 Å². The minimum absolute atomic E-state index is 0.0708. The van der Waals surface area contributed by atoms with Crippen molar-refractivity contribution in [3.63, 3.8) is 0 Å². The second-order valence-electron chi connectivity index (χ2n) is 7.38. The fourth-order valence-electron chi connectivity index (χ4n) is 3.75. The van der Waals surface area contributed by atoms with Crippen LogP contribution in [0.2, 0.25) is 5.02 Å². The molecule has 8 nitrogen and oxygen atoms in total. The average molecular weight is 473 g/mol. The molecule has 2 amide bonds. The number of anilines is 2.